The summed E-state index contributed by atoms with van der Waals surface area (Å²) in [6.07, 6.45) is 1.80. The molecule has 3 rings (SSSR count). The van der Waals surface area contributed by atoms with Gasteiger partial charge >= 0.3 is 0 Å². The maximum atomic E-state index is 9.01. The van der Waals surface area contributed by atoms with Crippen LogP contribution in [0.5, 0.6) is 5.75 Å². The van der Waals surface area contributed by atoms with E-state index in [4.69, 9.17) is 38.8 Å². The van der Waals surface area contributed by atoms with Crippen molar-refractivity contribution in [2.45, 2.75) is 20.4 Å². The topological polar surface area (TPSA) is 86.2 Å². The molecule has 3 N–H and O–H groups in total. The molecule has 0 aliphatic carbocycles. The van der Waals surface area contributed by atoms with Gasteiger partial charge in [-0.05, 0) is 31.0 Å². The van der Waals surface area contributed by atoms with E-state index in [1.807, 2.05) is 24.5 Å². The molecule has 3 aromatic rings. The summed E-state index contributed by atoms with van der Waals surface area (Å²) in [5.41, 5.74) is 9.70. The van der Waals surface area contributed by atoms with Gasteiger partial charge in [-0.25, -0.2) is 4.98 Å². The molecular weight excluding hydrogens is 387 g/mol. The van der Waals surface area contributed by atoms with Crippen LogP contribution in [0.1, 0.15) is 22.3 Å². The van der Waals surface area contributed by atoms with E-state index in [0.29, 0.717) is 28.2 Å². The molecule has 6 nitrogen and oxygen atoms in total. The summed E-state index contributed by atoms with van der Waals surface area (Å²) in [4.78, 5) is 8.32. The number of benzene rings is 1. The zero-order valence-electron chi connectivity index (χ0n) is 15.1. The van der Waals surface area contributed by atoms with Crippen LogP contribution >= 0.6 is 23.2 Å². The van der Waals surface area contributed by atoms with Gasteiger partial charge in [-0.3, -0.25) is 0 Å². The fourth-order valence-electron chi connectivity index (χ4n) is 3.15. The molecule has 0 fully saturated rings. The van der Waals surface area contributed by atoms with Crippen molar-refractivity contribution in [3.63, 3.8) is 0 Å². The van der Waals surface area contributed by atoms with Crippen LogP contribution in [0.3, 0.4) is 0 Å². The summed E-state index contributed by atoms with van der Waals surface area (Å²) in [5, 5.41) is 10.4. The third-order valence-electron chi connectivity index (χ3n) is 4.24. The number of aromatic nitrogens is 3. The van der Waals surface area contributed by atoms with Gasteiger partial charge in [-0.2, -0.15) is 4.98 Å². The van der Waals surface area contributed by atoms with Gasteiger partial charge in [-0.1, -0.05) is 35.0 Å². The van der Waals surface area contributed by atoms with Crippen LogP contribution in [0.25, 0.3) is 11.0 Å². The minimum absolute atomic E-state index is 0.0710. The maximum absolute atomic E-state index is 9.01. The number of hydrogen-bond donors (Lipinski definition) is 2. The minimum Gasteiger partial charge on any atom is -0.496 e. The predicted octanol–water partition coefficient (Wildman–Crippen LogP) is 3.34. The lowest BCUT2D eigenvalue weighted by molar-refractivity contribution is 0.350. The molecule has 2 aromatic heterocycles. The molecule has 0 aliphatic rings. The Labute approximate surface area is 166 Å². The van der Waals surface area contributed by atoms with Gasteiger partial charge in [0.1, 0.15) is 23.2 Å². The molecule has 27 heavy (non-hydrogen) atoms. The summed E-state index contributed by atoms with van der Waals surface area (Å²) >= 11 is 12.8. The van der Waals surface area contributed by atoms with Gasteiger partial charge in [0.2, 0.25) is 5.95 Å². The zero-order chi connectivity index (χ0) is 19.7. The second-order valence-electron chi connectivity index (χ2n) is 6.03. The fraction of sp³-hybridized carbons (Fsp3) is 0.263. The van der Waals surface area contributed by atoms with Gasteiger partial charge in [0, 0.05) is 11.8 Å². The second-order valence-corrected chi connectivity index (χ2v) is 6.76. The molecule has 0 radical (unpaired) electrons. The number of rotatable bonds is 3. The number of aliphatic hydroxyl groups is 1. The number of nitrogens with zero attached hydrogens (tertiary/aromatic N) is 3. The lowest BCUT2D eigenvalue weighted by atomic mass is 10.1. The van der Waals surface area contributed by atoms with Gasteiger partial charge in [0.05, 0.1) is 29.6 Å². The molecular formula is C19H18Cl2N4O2. The Balaban J connectivity index is 2.19. The highest BCUT2D eigenvalue weighted by Gasteiger charge is 2.17. The lowest BCUT2D eigenvalue weighted by Crippen LogP contribution is -2.04. The molecule has 0 aliphatic heterocycles. The summed E-state index contributed by atoms with van der Waals surface area (Å²) < 4.78 is 7.29. The first-order valence-corrected chi connectivity index (χ1v) is 8.87. The van der Waals surface area contributed by atoms with E-state index in [2.05, 4.69) is 21.8 Å². The number of hydrogen-bond acceptors (Lipinski definition) is 5. The smallest absolute Gasteiger partial charge is 0.223 e. The third-order valence-corrected chi connectivity index (χ3v) is 5.04. The lowest BCUT2D eigenvalue weighted by Gasteiger charge is -2.15. The van der Waals surface area contributed by atoms with Crippen LogP contribution in [0.15, 0.2) is 12.3 Å². The van der Waals surface area contributed by atoms with E-state index < -0.39 is 0 Å². The molecule has 0 spiro atoms. The first kappa shape index (κ1) is 19.3. The number of methoxy groups -OCH3 is 1. The number of aliphatic hydroxyl groups excluding tert-OH is 1. The van der Waals surface area contributed by atoms with E-state index in [9.17, 15) is 0 Å². The number of fused-ring (bicyclic) bond motifs is 1. The molecule has 0 saturated carbocycles. The summed E-state index contributed by atoms with van der Waals surface area (Å²) in [6.45, 7) is 4.06. The van der Waals surface area contributed by atoms with Crippen LogP contribution in [-0.2, 0) is 6.54 Å². The number of aryl methyl sites for hydroxylation is 1. The maximum Gasteiger partial charge on any atom is 0.223 e. The second kappa shape index (κ2) is 7.65. The minimum atomic E-state index is -0.261. The Kier molecular flexibility index (Phi) is 5.47. The highest BCUT2D eigenvalue weighted by Crippen LogP contribution is 2.34. The predicted molar refractivity (Wildman–Crippen MR) is 107 cm³/mol. The number of ether oxygens (including phenoxy) is 1. The third kappa shape index (κ3) is 3.54. The molecule has 0 unspecified atom stereocenters. The highest BCUT2D eigenvalue weighted by atomic mass is 35.5. The average Bonchev–Trinajstić information content (AvgIpc) is 2.95. The van der Waals surface area contributed by atoms with Crippen molar-refractivity contribution in [1.82, 2.24) is 14.5 Å². The van der Waals surface area contributed by atoms with Crippen molar-refractivity contribution in [3.05, 3.63) is 44.7 Å². The first-order chi connectivity index (χ1) is 12.9. The standard InChI is InChI=1S/C19H18Cl2N4O2/c1-10-7-13(15(20)11(2)16(10)27-3)9-25-8-12(5-4-6-26)14-17(21)23-19(22)24-18(14)25/h7-8,26H,6,9H2,1-3H3,(H2,22,23,24). The van der Waals surface area contributed by atoms with Crippen LogP contribution in [0, 0.1) is 25.7 Å². The van der Waals surface area contributed by atoms with E-state index in [1.54, 1.807) is 13.3 Å². The molecule has 140 valence electrons. The van der Waals surface area contributed by atoms with Crippen molar-refractivity contribution in [2.24, 2.45) is 0 Å². The molecule has 0 saturated heterocycles. The summed E-state index contributed by atoms with van der Waals surface area (Å²) in [5.74, 6) is 6.34. The first-order valence-electron chi connectivity index (χ1n) is 8.11. The van der Waals surface area contributed by atoms with Crippen molar-refractivity contribution in [3.8, 4) is 17.6 Å². The molecule has 2 heterocycles. The zero-order valence-corrected chi connectivity index (χ0v) is 16.6. The average molecular weight is 405 g/mol. The SMILES string of the molecule is COc1c(C)cc(Cn2cc(C#CCO)c3c(Cl)nc(N)nc32)c(Cl)c1C. The molecule has 8 heteroatoms. The Bertz CT molecular complexity index is 1100. The van der Waals surface area contributed by atoms with Crippen LogP contribution < -0.4 is 10.5 Å². The largest absolute Gasteiger partial charge is 0.496 e. The van der Waals surface area contributed by atoms with E-state index in [-0.39, 0.29) is 17.7 Å². The molecule has 0 atom stereocenters. The summed E-state index contributed by atoms with van der Waals surface area (Å²) in [6, 6.07) is 1.98. The Morgan fingerprint density at radius 3 is 2.70 bits per heavy atom. The Hall–Kier alpha value is -2.46. The molecule has 1 aromatic carbocycles. The van der Waals surface area contributed by atoms with E-state index in [1.165, 1.54) is 0 Å². The van der Waals surface area contributed by atoms with E-state index >= 15 is 0 Å². The number of halogens is 2. The van der Waals surface area contributed by atoms with Crippen molar-refractivity contribution in [1.29, 1.82) is 0 Å². The van der Waals surface area contributed by atoms with Crippen molar-refractivity contribution >= 4 is 40.2 Å². The van der Waals surface area contributed by atoms with Crippen LogP contribution in [-0.4, -0.2) is 33.4 Å². The Morgan fingerprint density at radius 1 is 1.30 bits per heavy atom. The molecule has 0 amide bonds. The van der Waals surface area contributed by atoms with Crippen molar-refractivity contribution in [2.75, 3.05) is 19.5 Å². The van der Waals surface area contributed by atoms with Crippen LogP contribution in [0.4, 0.5) is 5.95 Å². The number of nitrogen functional groups attached to an aromatic ring is 1. The molecule has 0 bridgehead atoms. The van der Waals surface area contributed by atoms with Gasteiger partial charge in [0.25, 0.3) is 0 Å². The highest BCUT2D eigenvalue weighted by molar-refractivity contribution is 6.34. The Morgan fingerprint density at radius 2 is 2.04 bits per heavy atom. The van der Waals surface area contributed by atoms with Gasteiger partial charge in [0.15, 0.2) is 0 Å². The monoisotopic (exact) mass is 404 g/mol. The quantitative estimate of drug-likeness (QED) is 0.516. The van der Waals surface area contributed by atoms with Crippen molar-refractivity contribution < 1.29 is 9.84 Å². The van der Waals surface area contributed by atoms with Gasteiger partial charge in [-0.15, -0.1) is 0 Å². The van der Waals surface area contributed by atoms with Gasteiger partial charge < -0.3 is 20.1 Å². The number of nitrogens with two attached hydrogens (primary N) is 1. The normalized spacial score (nSPS) is 10.7. The van der Waals surface area contributed by atoms with E-state index in [0.717, 1.165) is 22.4 Å². The number of anilines is 1. The summed E-state index contributed by atoms with van der Waals surface area (Å²) in [7, 11) is 1.62. The van der Waals surface area contributed by atoms with Crippen LogP contribution in [0.2, 0.25) is 10.2 Å². The fourth-order valence-corrected chi connectivity index (χ4v) is 3.62.